The fourth-order valence-corrected chi connectivity index (χ4v) is 1.57. The minimum atomic E-state index is -0.894. The molecule has 1 aromatic rings. The van der Waals surface area contributed by atoms with Crippen LogP contribution in [-0.2, 0) is 4.79 Å². The Morgan fingerprint density at radius 3 is 2.69 bits per heavy atom. The Labute approximate surface area is 91.0 Å². The van der Waals surface area contributed by atoms with E-state index in [-0.39, 0.29) is 17.8 Å². The molecule has 0 aliphatic carbocycles. The number of nitrogens with one attached hydrogen (secondary N) is 1. The van der Waals surface area contributed by atoms with Crippen molar-refractivity contribution in [3.63, 3.8) is 0 Å². The van der Waals surface area contributed by atoms with Crippen LogP contribution in [0.15, 0.2) is 24.3 Å². The predicted octanol–water partition coefficient (Wildman–Crippen LogP) is -0.158. The van der Waals surface area contributed by atoms with Crippen molar-refractivity contribution in [1.29, 1.82) is 0 Å². The van der Waals surface area contributed by atoms with Gasteiger partial charge in [0.15, 0.2) is 0 Å². The Morgan fingerprint density at radius 1 is 1.31 bits per heavy atom. The van der Waals surface area contributed by atoms with E-state index in [1.54, 1.807) is 12.1 Å². The number of carbonyl (C=O) groups excluding carboxylic acids is 3. The van der Waals surface area contributed by atoms with Crippen molar-refractivity contribution in [3.05, 3.63) is 29.8 Å². The molecule has 16 heavy (non-hydrogen) atoms. The third-order valence-electron chi connectivity index (χ3n) is 2.26. The second-order valence-corrected chi connectivity index (χ2v) is 3.27. The van der Waals surface area contributed by atoms with Crippen LogP contribution in [0.3, 0.4) is 0 Å². The van der Waals surface area contributed by atoms with Crippen LogP contribution in [0.1, 0.15) is 10.4 Å². The first-order valence-corrected chi connectivity index (χ1v) is 4.61. The highest BCUT2D eigenvalue weighted by molar-refractivity contribution is 6.20. The molecule has 6 nitrogen and oxygen atoms in total. The Bertz CT molecular complexity index is 484. The molecule has 1 aliphatic rings. The van der Waals surface area contributed by atoms with E-state index < -0.39 is 17.8 Å². The van der Waals surface area contributed by atoms with Gasteiger partial charge in [0.25, 0.3) is 11.8 Å². The second-order valence-electron chi connectivity index (χ2n) is 3.27. The van der Waals surface area contributed by atoms with Gasteiger partial charge in [0, 0.05) is 0 Å². The van der Waals surface area contributed by atoms with E-state index in [9.17, 15) is 14.4 Å². The van der Waals surface area contributed by atoms with Crippen molar-refractivity contribution < 1.29 is 14.4 Å². The number of hydrogen-bond donors (Lipinski definition) is 2. The summed E-state index contributed by atoms with van der Waals surface area (Å²) in [6, 6.07) is 5.41. The van der Waals surface area contributed by atoms with Crippen LogP contribution in [0.25, 0.3) is 0 Å². The zero-order valence-electron chi connectivity index (χ0n) is 8.27. The number of nitrogens with two attached hydrogens (primary N) is 1. The number of benzene rings is 1. The average molecular weight is 219 g/mol. The maximum Gasteiger partial charge on any atom is 0.326 e. The molecule has 1 heterocycles. The smallest absolute Gasteiger partial charge is 0.326 e. The van der Waals surface area contributed by atoms with E-state index in [0.29, 0.717) is 0 Å². The number of primary amides is 1. The molecule has 0 saturated heterocycles. The van der Waals surface area contributed by atoms with Crippen LogP contribution in [0.5, 0.6) is 0 Å². The molecular weight excluding hydrogens is 210 g/mol. The summed E-state index contributed by atoms with van der Waals surface area (Å²) in [6.07, 6.45) is 0. The third kappa shape index (κ3) is 1.50. The summed E-state index contributed by atoms with van der Waals surface area (Å²) in [7, 11) is 0. The van der Waals surface area contributed by atoms with E-state index in [0.717, 1.165) is 4.90 Å². The number of anilines is 1. The number of fused-ring (bicyclic) bond motifs is 1. The number of carbonyl (C=O) groups is 3. The second kappa shape index (κ2) is 3.65. The van der Waals surface area contributed by atoms with Crippen LogP contribution in [0.2, 0.25) is 0 Å². The largest absolute Gasteiger partial charge is 0.351 e. The van der Waals surface area contributed by atoms with E-state index in [2.05, 4.69) is 5.32 Å². The Morgan fingerprint density at radius 2 is 2.00 bits per heavy atom. The zero-order valence-corrected chi connectivity index (χ0v) is 8.27. The highest BCUT2D eigenvalue weighted by Gasteiger charge is 2.29. The van der Waals surface area contributed by atoms with Gasteiger partial charge >= 0.3 is 6.03 Å². The van der Waals surface area contributed by atoms with Crippen molar-refractivity contribution in [2.24, 2.45) is 5.73 Å². The van der Waals surface area contributed by atoms with Crippen molar-refractivity contribution in [3.8, 4) is 0 Å². The summed E-state index contributed by atoms with van der Waals surface area (Å²) < 4.78 is 0. The first-order valence-electron chi connectivity index (χ1n) is 4.61. The lowest BCUT2D eigenvalue weighted by Crippen LogP contribution is -2.43. The minimum absolute atomic E-state index is 0.218. The summed E-state index contributed by atoms with van der Waals surface area (Å²) in [6.45, 7) is -0.240. The molecule has 4 amide bonds. The number of para-hydroxylation sites is 1. The van der Waals surface area contributed by atoms with Gasteiger partial charge in [-0.05, 0) is 12.1 Å². The third-order valence-corrected chi connectivity index (χ3v) is 2.26. The molecule has 0 unspecified atom stereocenters. The first-order chi connectivity index (χ1) is 7.61. The molecule has 3 N–H and O–H groups in total. The molecule has 0 spiro atoms. The molecule has 6 heteroatoms. The number of nitrogens with zero attached hydrogens (tertiary/aromatic N) is 1. The fraction of sp³-hybridized carbons (Fsp3) is 0.100. The molecule has 0 aromatic heterocycles. The fourth-order valence-electron chi connectivity index (χ4n) is 1.57. The van der Waals surface area contributed by atoms with Crippen molar-refractivity contribution in [2.75, 3.05) is 11.4 Å². The standard InChI is InChI=1S/C10H9N3O3/c11-10(16)13-7-4-2-1-3-6(7)9(15)12-5-8(13)14/h1-4H,5H2,(H2,11,16)(H,12,15). The Kier molecular flexibility index (Phi) is 2.32. The molecule has 1 aliphatic heterocycles. The first kappa shape index (κ1) is 10.2. The highest BCUT2D eigenvalue weighted by Crippen LogP contribution is 2.22. The van der Waals surface area contributed by atoms with Crippen molar-refractivity contribution in [2.45, 2.75) is 0 Å². The molecule has 1 aromatic carbocycles. The molecule has 0 bridgehead atoms. The van der Waals surface area contributed by atoms with Crippen LogP contribution in [-0.4, -0.2) is 24.4 Å². The molecule has 0 saturated carbocycles. The lowest BCUT2D eigenvalue weighted by atomic mass is 10.1. The summed E-state index contributed by atoms with van der Waals surface area (Å²) >= 11 is 0. The van der Waals surface area contributed by atoms with Crippen LogP contribution < -0.4 is 16.0 Å². The van der Waals surface area contributed by atoms with E-state index in [1.165, 1.54) is 12.1 Å². The quantitative estimate of drug-likeness (QED) is 0.635. The van der Waals surface area contributed by atoms with Gasteiger partial charge in [-0.3, -0.25) is 9.59 Å². The topological polar surface area (TPSA) is 92.5 Å². The zero-order chi connectivity index (χ0) is 11.7. The lowest BCUT2D eigenvalue weighted by molar-refractivity contribution is -0.116. The van der Waals surface area contributed by atoms with Gasteiger partial charge in [-0.25, -0.2) is 9.69 Å². The van der Waals surface area contributed by atoms with Crippen LogP contribution in [0.4, 0.5) is 10.5 Å². The van der Waals surface area contributed by atoms with Gasteiger partial charge in [0.2, 0.25) is 0 Å². The Hall–Kier alpha value is -2.37. The Balaban J connectivity index is 2.61. The summed E-state index contributed by atoms with van der Waals surface area (Å²) in [5, 5.41) is 2.40. The maximum atomic E-state index is 11.6. The lowest BCUT2D eigenvalue weighted by Gasteiger charge is -2.16. The molecule has 0 fully saturated rings. The average Bonchev–Trinajstić information content (AvgIpc) is 2.37. The van der Waals surface area contributed by atoms with Gasteiger partial charge in [0.1, 0.15) is 0 Å². The van der Waals surface area contributed by atoms with Crippen LogP contribution in [0, 0.1) is 0 Å². The molecular formula is C10H9N3O3. The molecule has 2 rings (SSSR count). The predicted molar refractivity (Wildman–Crippen MR) is 55.8 cm³/mol. The summed E-state index contributed by atoms with van der Waals surface area (Å²) in [5.74, 6) is -0.946. The molecule has 0 atom stereocenters. The summed E-state index contributed by atoms with van der Waals surface area (Å²) in [5.41, 5.74) is 5.59. The van der Waals surface area contributed by atoms with Crippen molar-refractivity contribution in [1.82, 2.24) is 5.32 Å². The summed E-state index contributed by atoms with van der Waals surface area (Å²) in [4.78, 5) is 35.1. The number of imide groups is 1. The van der Waals surface area contributed by atoms with E-state index in [1.807, 2.05) is 0 Å². The molecule has 82 valence electrons. The number of hydrogen-bond acceptors (Lipinski definition) is 3. The minimum Gasteiger partial charge on any atom is -0.351 e. The van der Waals surface area contributed by atoms with Gasteiger partial charge in [-0.1, -0.05) is 12.1 Å². The molecule has 0 radical (unpaired) electrons. The van der Waals surface area contributed by atoms with Gasteiger partial charge in [-0.15, -0.1) is 0 Å². The maximum absolute atomic E-state index is 11.6. The number of urea groups is 1. The monoisotopic (exact) mass is 219 g/mol. The SMILES string of the molecule is NC(=O)N1C(=O)CNC(=O)c2ccccc21. The van der Waals surface area contributed by atoms with Gasteiger partial charge in [0.05, 0.1) is 17.8 Å². The van der Waals surface area contributed by atoms with Gasteiger partial charge < -0.3 is 11.1 Å². The highest BCUT2D eigenvalue weighted by atomic mass is 16.2. The normalized spacial score (nSPS) is 15.1. The number of amides is 4. The van der Waals surface area contributed by atoms with Crippen molar-refractivity contribution >= 4 is 23.5 Å². The van der Waals surface area contributed by atoms with Crippen LogP contribution >= 0.6 is 0 Å². The van der Waals surface area contributed by atoms with E-state index >= 15 is 0 Å². The van der Waals surface area contributed by atoms with Gasteiger partial charge in [-0.2, -0.15) is 0 Å². The number of rotatable bonds is 0. The van der Waals surface area contributed by atoms with E-state index in [4.69, 9.17) is 5.73 Å².